The summed E-state index contributed by atoms with van der Waals surface area (Å²) in [7, 11) is 1.71. The highest BCUT2D eigenvalue weighted by Crippen LogP contribution is 2.21. The van der Waals surface area contributed by atoms with Crippen molar-refractivity contribution in [3.63, 3.8) is 0 Å². The summed E-state index contributed by atoms with van der Waals surface area (Å²) in [6.45, 7) is 0.377. The number of pyridine rings is 1. The third kappa shape index (κ3) is 1.95. The van der Waals surface area contributed by atoms with E-state index in [4.69, 9.17) is 5.73 Å². The molecule has 0 saturated heterocycles. The van der Waals surface area contributed by atoms with Gasteiger partial charge in [-0.3, -0.25) is 4.79 Å². The van der Waals surface area contributed by atoms with E-state index in [1.807, 2.05) is 6.07 Å². The molecule has 0 atom stereocenters. The highest BCUT2D eigenvalue weighted by atomic mass is 32.1. The molecule has 0 unspecified atom stereocenters. The van der Waals surface area contributed by atoms with Gasteiger partial charge >= 0.3 is 0 Å². The summed E-state index contributed by atoms with van der Waals surface area (Å²) in [4.78, 5) is 11.4. The van der Waals surface area contributed by atoms with Crippen LogP contribution in [-0.4, -0.2) is 14.8 Å². The van der Waals surface area contributed by atoms with Crippen LogP contribution < -0.4 is 11.3 Å². The number of aromatic nitrogens is 3. The Morgan fingerprint density at radius 1 is 1.53 bits per heavy atom. The van der Waals surface area contributed by atoms with Crippen molar-refractivity contribution >= 4 is 11.3 Å². The van der Waals surface area contributed by atoms with Crippen molar-refractivity contribution in [2.24, 2.45) is 12.8 Å². The Kier molecular flexibility index (Phi) is 2.61. The second-order valence-corrected chi connectivity index (χ2v) is 4.13. The molecular formula is C9H10N4OS. The summed E-state index contributed by atoms with van der Waals surface area (Å²) >= 11 is 1.41. The lowest BCUT2D eigenvalue weighted by atomic mass is 10.3. The maximum Gasteiger partial charge on any atom is 0.250 e. The van der Waals surface area contributed by atoms with Crippen LogP contribution in [0.4, 0.5) is 0 Å². The molecule has 0 aliphatic heterocycles. The first-order valence-electron chi connectivity index (χ1n) is 4.40. The molecule has 0 amide bonds. The molecule has 0 aliphatic carbocycles. The van der Waals surface area contributed by atoms with E-state index in [9.17, 15) is 4.79 Å². The van der Waals surface area contributed by atoms with Crippen molar-refractivity contribution in [1.29, 1.82) is 0 Å². The van der Waals surface area contributed by atoms with Crippen LogP contribution in [0.15, 0.2) is 23.1 Å². The van der Waals surface area contributed by atoms with E-state index in [0.29, 0.717) is 6.54 Å². The lowest BCUT2D eigenvalue weighted by Crippen LogP contribution is -2.13. The summed E-state index contributed by atoms with van der Waals surface area (Å²) in [5, 5.41) is 9.37. The molecule has 5 nitrogen and oxygen atoms in total. The molecule has 2 rings (SSSR count). The van der Waals surface area contributed by atoms with Gasteiger partial charge in [0, 0.05) is 31.4 Å². The molecule has 0 bridgehead atoms. The largest absolute Gasteiger partial charge is 0.324 e. The van der Waals surface area contributed by atoms with E-state index in [0.717, 1.165) is 15.6 Å². The van der Waals surface area contributed by atoms with Gasteiger partial charge < -0.3 is 10.3 Å². The van der Waals surface area contributed by atoms with E-state index in [1.165, 1.54) is 15.9 Å². The lowest BCUT2D eigenvalue weighted by molar-refractivity contribution is 0.861. The van der Waals surface area contributed by atoms with Crippen LogP contribution in [0.3, 0.4) is 0 Å². The van der Waals surface area contributed by atoms with Crippen LogP contribution in [0, 0.1) is 0 Å². The number of hydrogen-bond donors (Lipinski definition) is 1. The molecule has 2 aromatic heterocycles. The van der Waals surface area contributed by atoms with Crippen molar-refractivity contribution in [3.05, 3.63) is 33.7 Å². The summed E-state index contributed by atoms with van der Waals surface area (Å²) in [5.74, 6) is 0. The Balaban J connectivity index is 2.45. The molecule has 0 radical (unpaired) electrons. The molecule has 6 heteroatoms. The maximum absolute atomic E-state index is 11.4. The van der Waals surface area contributed by atoms with E-state index < -0.39 is 0 Å². The van der Waals surface area contributed by atoms with Crippen LogP contribution >= 0.6 is 11.3 Å². The molecule has 0 fully saturated rings. The van der Waals surface area contributed by atoms with Crippen molar-refractivity contribution in [1.82, 2.24) is 14.8 Å². The van der Waals surface area contributed by atoms with Gasteiger partial charge in [-0.2, -0.15) is 0 Å². The van der Waals surface area contributed by atoms with E-state index in [1.54, 1.807) is 19.3 Å². The molecule has 0 spiro atoms. The molecule has 78 valence electrons. The van der Waals surface area contributed by atoms with Gasteiger partial charge in [-0.1, -0.05) is 11.3 Å². The second kappa shape index (κ2) is 3.92. The average Bonchev–Trinajstić information content (AvgIpc) is 2.70. The number of hydrogen-bond acceptors (Lipinski definition) is 5. The van der Waals surface area contributed by atoms with E-state index >= 15 is 0 Å². The predicted molar refractivity (Wildman–Crippen MR) is 58.5 cm³/mol. The maximum atomic E-state index is 11.4. The summed E-state index contributed by atoms with van der Waals surface area (Å²) in [6.07, 6.45) is 1.71. The zero-order chi connectivity index (χ0) is 10.8. The van der Waals surface area contributed by atoms with Crippen LogP contribution in [0.25, 0.3) is 10.6 Å². The highest BCUT2D eigenvalue weighted by Gasteiger charge is 2.06. The molecule has 0 aliphatic rings. The SMILES string of the molecule is Cn1ccc(-c2nnc(CN)s2)cc1=O. The van der Waals surface area contributed by atoms with Crippen LogP contribution in [0.5, 0.6) is 0 Å². The number of nitrogens with zero attached hydrogens (tertiary/aromatic N) is 3. The van der Waals surface area contributed by atoms with Gasteiger partial charge in [0.15, 0.2) is 0 Å². The number of aryl methyl sites for hydroxylation is 1. The summed E-state index contributed by atoms with van der Waals surface area (Å²) in [5.41, 5.74) is 6.17. The Bertz CT molecular complexity index is 531. The van der Waals surface area contributed by atoms with Gasteiger partial charge in [-0.25, -0.2) is 0 Å². The van der Waals surface area contributed by atoms with Crippen LogP contribution in [-0.2, 0) is 13.6 Å². The van der Waals surface area contributed by atoms with Gasteiger partial charge in [0.05, 0.1) is 0 Å². The first-order valence-corrected chi connectivity index (χ1v) is 5.22. The van der Waals surface area contributed by atoms with Crippen molar-refractivity contribution in [3.8, 4) is 10.6 Å². The lowest BCUT2D eigenvalue weighted by Gasteiger charge is -1.97. The van der Waals surface area contributed by atoms with Gasteiger partial charge in [-0.05, 0) is 6.07 Å². The van der Waals surface area contributed by atoms with Crippen LogP contribution in [0.2, 0.25) is 0 Å². The monoisotopic (exact) mass is 222 g/mol. The molecule has 0 saturated carbocycles. The molecule has 15 heavy (non-hydrogen) atoms. The number of rotatable bonds is 2. The summed E-state index contributed by atoms with van der Waals surface area (Å²) in [6, 6.07) is 3.38. The molecular weight excluding hydrogens is 212 g/mol. The third-order valence-corrected chi connectivity index (χ3v) is 2.99. The van der Waals surface area contributed by atoms with Gasteiger partial charge in [-0.15, -0.1) is 10.2 Å². The minimum absolute atomic E-state index is 0.0583. The van der Waals surface area contributed by atoms with Crippen molar-refractivity contribution < 1.29 is 0 Å². The summed E-state index contributed by atoms with van der Waals surface area (Å²) < 4.78 is 1.51. The fraction of sp³-hybridized carbons (Fsp3) is 0.222. The standard InChI is InChI=1S/C9H10N4OS/c1-13-3-2-6(4-8(13)14)9-12-11-7(5-10)15-9/h2-4H,5,10H2,1H3. The molecule has 2 N–H and O–H groups in total. The highest BCUT2D eigenvalue weighted by molar-refractivity contribution is 7.14. The Labute approximate surface area is 90.2 Å². The van der Waals surface area contributed by atoms with Gasteiger partial charge in [0.25, 0.3) is 5.56 Å². The molecule has 2 heterocycles. The number of nitrogens with two attached hydrogens (primary N) is 1. The molecule has 2 aromatic rings. The van der Waals surface area contributed by atoms with Crippen molar-refractivity contribution in [2.75, 3.05) is 0 Å². The topological polar surface area (TPSA) is 73.8 Å². The average molecular weight is 222 g/mol. The Morgan fingerprint density at radius 2 is 2.33 bits per heavy atom. The van der Waals surface area contributed by atoms with Crippen molar-refractivity contribution in [2.45, 2.75) is 6.54 Å². The Morgan fingerprint density at radius 3 is 2.93 bits per heavy atom. The fourth-order valence-corrected chi connectivity index (χ4v) is 1.85. The first-order chi connectivity index (χ1) is 7.20. The smallest absolute Gasteiger partial charge is 0.250 e. The van der Waals surface area contributed by atoms with E-state index in [-0.39, 0.29) is 5.56 Å². The van der Waals surface area contributed by atoms with Gasteiger partial charge in [0.1, 0.15) is 10.0 Å². The zero-order valence-electron chi connectivity index (χ0n) is 8.17. The van der Waals surface area contributed by atoms with E-state index in [2.05, 4.69) is 10.2 Å². The second-order valence-electron chi connectivity index (χ2n) is 3.07. The fourth-order valence-electron chi connectivity index (χ4n) is 1.13. The minimum Gasteiger partial charge on any atom is -0.324 e. The normalized spacial score (nSPS) is 10.5. The predicted octanol–water partition coefficient (Wildman–Crippen LogP) is 0.363. The Hall–Kier alpha value is -1.53. The zero-order valence-corrected chi connectivity index (χ0v) is 8.99. The van der Waals surface area contributed by atoms with Crippen LogP contribution in [0.1, 0.15) is 5.01 Å². The first kappa shape index (κ1) is 10.0. The van der Waals surface area contributed by atoms with Gasteiger partial charge in [0.2, 0.25) is 0 Å². The molecule has 0 aromatic carbocycles. The quantitative estimate of drug-likeness (QED) is 0.796. The third-order valence-electron chi connectivity index (χ3n) is 1.99. The minimum atomic E-state index is -0.0583.